The highest BCUT2D eigenvalue weighted by Gasteiger charge is 2.23. The first-order valence-electron chi connectivity index (χ1n) is 10.6. The van der Waals surface area contributed by atoms with Crippen molar-refractivity contribution in [2.45, 2.75) is 25.8 Å². The Morgan fingerprint density at radius 2 is 2.00 bits per heavy atom. The van der Waals surface area contributed by atoms with Crippen molar-refractivity contribution in [2.75, 3.05) is 31.6 Å². The van der Waals surface area contributed by atoms with Crippen LogP contribution >= 0.6 is 0 Å². The number of benzene rings is 2. The van der Waals surface area contributed by atoms with Crippen molar-refractivity contribution in [1.29, 1.82) is 0 Å². The Morgan fingerprint density at radius 3 is 2.77 bits per heavy atom. The lowest BCUT2D eigenvalue weighted by atomic mass is 10.0. The fourth-order valence-electron chi connectivity index (χ4n) is 4.16. The third kappa shape index (κ3) is 4.75. The molecule has 1 fully saturated rings. The number of hydrogen-bond donors (Lipinski definition) is 2. The normalized spacial score (nSPS) is 14.9. The molecule has 162 valence electrons. The van der Waals surface area contributed by atoms with Crippen LogP contribution in [0, 0.1) is 6.92 Å². The first kappa shape index (κ1) is 21.0. The van der Waals surface area contributed by atoms with Crippen LogP contribution in [0.5, 0.6) is 11.5 Å². The molecular formula is C25H28N2O4. The minimum atomic E-state index is -0.336. The summed E-state index contributed by atoms with van der Waals surface area (Å²) >= 11 is 0. The molecule has 6 heteroatoms. The van der Waals surface area contributed by atoms with Crippen molar-refractivity contribution in [3.05, 3.63) is 70.1 Å². The molecule has 0 unspecified atom stereocenters. The Bertz CT molecular complexity index is 1150. The summed E-state index contributed by atoms with van der Waals surface area (Å²) < 4.78 is 10.7. The molecule has 6 nitrogen and oxygen atoms in total. The van der Waals surface area contributed by atoms with Crippen LogP contribution in [0.1, 0.15) is 24.0 Å². The highest BCUT2D eigenvalue weighted by molar-refractivity contribution is 5.91. The Balaban J connectivity index is 1.70. The van der Waals surface area contributed by atoms with E-state index in [0.29, 0.717) is 23.9 Å². The van der Waals surface area contributed by atoms with Crippen molar-refractivity contribution in [3.63, 3.8) is 0 Å². The molecule has 0 bridgehead atoms. The van der Waals surface area contributed by atoms with Gasteiger partial charge in [-0.05, 0) is 62.7 Å². The second-order valence-electron chi connectivity index (χ2n) is 7.92. The molecule has 2 N–H and O–H groups in total. The van der Waals surface area contributed by atoms with Gasteiger partial charge in [0, 0.05) is 24.0 Å². The van der Waals surface area contributed by atoms with E-state index in [1.807, 2.05) is 31.2 Å². The van der Waals surface area contributed by atoms with Gasteiger partial charge in [0.25, 0.3) is 0 Å². The van der Waals surface area contributed by atoms with E-state index in [1.165, 1.54) is 7.11 Å². The van der Waals surface area contributed by atoms with Gasteiger partial charge in [0.05, 0.1) is 12.8 Å². The van der Waals surface area contributed by atoms with E-state index in [9.17, 15) is 9.90 Å². The molecule has 1 aliphatic rings. The SMILES string of the molecule is COc1cc(C=CCN(c2cc(=O)oc3ccc(C)cc23)C2CCNCC2)ccc1O. The molecule has 0 atom stereocenters. The number of aryl methyl sites for hydroxylation is 1. The summed E-state index contributed by atoms with van der Waals surface area (Å²) in [4.78, 5) is 14.6. The van der Waals surface area contributed by atoms with E-state index in [1.54, 1.807) is 18.2 Å². The van der Waals surface area contributed by atoms with Crippen LogP contribution in [-0.4, -0.2) is 37.9 Å². The molecule has 0 aliphatic carbocycles. The summed E-state index contributed by atoms with van der Waals surface area (Å²) in [7, 11) is 1.54. The number of phenols is 1. The van der Waals surface area contributed by atoms with Crippen LogP contribution in [0.15, 0.2) is 57.8 Å². The predicted octanol–water partition coefficient (Wildman–Crippen LogP) is 4.09. The summed E-state index contributed by atoms with van der Waals surface area (Å²) in [5.41, 5.74) is 3.25. The fraction of sp³-hybridized carbons (Fsp3) is 0.320. The van der Waals surface area contributed by atoms with Gasteiger partial charge in [0.15, 0.2) is 11.5 Å². The van der Waals surface area contributed by atoms with Crippen LogP contribution in [0.4, 0.5) is 5.69 Å². The molecule has 0 saturated carbocycles. The number of ether oxygens (including phenoxy) is 1. The van der Waals surface area contributed by atoms with Crippen molar-refractivity contribution < 1.29 is 14.3 Å². The monoisotopic (exact) mass is 420 g/mol. The van der Waals surface area contributed by atoms with E-state index in [2.05, 4.69) is 22.4 Å². The van der Waals surface area contributed by atoms with Gasteiger partial charge in [-0.1, -0.05) is 29.8 Å². The van der Waals surface area contributed by atoms with Gasteiger partial charge in [-0.2, -0.15) is 0 Å². The summed E-state index contributed by atoms with van der Waals surface area (Å²) in [6.45, 7) is 4.61. The fourth-order valence-corrected chi connectivity index (χ4v) is 4.16. The Hall–Kier alpha value is -3.25. The first-order chi connectivity index (χ1) is 15.0. The van der Waals surface area contributed by atoms with Gasteiger partial charge >= 0.3 is 5.63 Å². The molecule has 0 amide bonds. The summed E-state index contributed by atoms with van der Waals surface area (Å²) in [5.74, 6) is 0.563. The van der Waals surface area contributed by atoms with Crippen molar-refractivity contribution >= 4 is 22.7 Å². The molecule has 4 rings (SSSR count). The molecule has 2 aromatic carbocycles. The lowest BCUT2D eigenvalue weighted by Crippen LogP contribution is -2.43. The largest absolute Gasteiger partial charge is 0.504 e. The van der Waals surface area contributed by atoms with Crippen LogP contribution < -0.4 is 20.6 Å². The molecule has 0 spiro atoms. The van der Waals surface area contributed by atoms with Crippen molar-refractivity contribution in [3.8, 4) is 11.5 Å². The average Bonchev–Trinajstić information content (AvgIpc) is 2.78. The van der Waals surface area contributed by atoms with Crippen LogP contribution in [0.25, 0.3) is 17.0 Å². The number of nitrogens with zero attached hydrogens (tertiary/aromatic N) is 1. The number of fused-ring (bicyclic) bond motifs is 1. The molecule has 2 heterocycles. The molecule has 1 aromatic heterocycles. The zero-order valence-corrected chi connectivity index (χ0v) is 17.9. The molecule has 1 saturated heterocycles. The highest BCUT2D eigenvalue weighted by Crippen LogP contribution is 2.30. The summed E-state index contributed by atoms with van der Waals surface area (Å²) in [6.07, 6.45) is 6.11. The van der Waals surface area contributed by atoms with Gasteiger partial charge in [-0.15, -0.1) is 0 Å². The second kappa shape index (κ2) is 9.27. The Kier molecular flexibility index (Phi) is 6.28. The molecule has 3 aromatic rings. The second-order valence-corrected chi connectivity index (χ2v) is 7.92. The van der Waals surface area contributed by atoms with E-state index in [-0.39, 0.29) is 11.4 Å². The number of hydrogen-bond acceptors (Lipinski definition) is 6. The van der Waals surface area contributed by atoms with Crippen molar-refractivity contribution in [2.24, 2.45) is 0 Å². The van der Waals surface area contributed by atoms with Gasteiger partial charge in [-0.25, -0.2) is 4.79 Å². The lowest BCUT2D eigenvalue weighted by Gasteiger charge is -2.36. The predicted molar refractivity (Wildman–Crippen MR) is 124 cm³/mol. The standard InChI is InChI=1S/C25H28N2O4/c1-17-5-8-23-20(14-17)21(16-25(29)31-23)27(19-9-11-26-12-10-19)13-3-4-18-6-7-22(28)24(15-18)30-2/h3-8,14-16,19,26,28H,9-13H2,1-2H3. The first-order valence-corrected chi connectivity index (χ1v) is 10.6. The maximum Gasteiger partial charge on any atom is 0.338 e. The third-order valence-electron chi connectivity index (χ3n) is 5.75. The molecular weight excluding hydrogens is 392 g/mol. The third-order valence-corrected chi connectivity index (χ3v) is 5.75. The summed E-state index contributed by atoms with van der Waals surface area (Å²) in [6, 6.07) is 13.1. The zero-order chi connectivity index (χ0) is 21.8. The number of anilines is 1. The van der Waals surface area contributed by atoms with Gasteiger partial charge in [0.2, 0.25) is 0 Å². The van der Waals surface area contributed by atoms with E-state index in [4.69, 9.17) is 9.15 Å². The minimum Gasteiger partial charge on any atom is -0.504 e. The van der Waals surface area contributed by atoms with E-state index in [0.717, 1.165) is 48.1 Å². The van der Waals surface area contributed by atoms with Gasteiger partial charge < -0.3 is 24.5 Å². The quantitative estimate of drug-likeness (QED) is 0.585. The van der Waals surface area contributed by atoms with Crippen LogP contribution in [-0.2, 0) is 0 Å². The van der Waals surface area contributed by atoms with E-state index >= 15 is 0 Å². The highest BCUT2D eigenvalue weighted by atomic mass is 16.5. The van der Waals surface area contributed by atoms with Gasteiger partial charge in [0.1, 0.15) is 5.58 Å². The number of methoxy groups -OCH3 is 1. The topological polar surface area (TPSA) is 74.9 Å². The number of aromatic hydroxyl groups is 1. The smallest absolute Gasteiger partial charge is 0.338 e. The van der Waals surface area contributed by atoms with Crippen LogP contribution in [0.2, 0.25) is 0 Å². The summed E-state index contributed by atoms with van der Waals surface area (Å²) in [5, 5.41) is 14.2. The number of piperidine rings is 1. The van der Waals surface area contributed by atoms with Gasteiger partial charge in [-0.3, -0.25) is 0 Å². The maximum atomic E-state index is 12.3. The molecule has 0 radical (unpaired) electrons. The lowest BCUT2D eigenvalue weighted by molar-refractivity contribution is 0.373. The molecule has 31 heavy (non-hydrogen) atoms. The number of phenolic OH excluding ortho intramolecular Hbond substituents is 1. The van der Waals surface area contributed by atoms with E-state index < -0.39 is 0 Å². The zero-order valence-electron chi connectivity index (χ0n) is 17.9. The number of nitrogens with one attached hydrogen (secondary N) is 1. The van der Waals surface area contributed by atoms with Crippen LogP contribution in [0.3, 0.4) is 0 Å². The number of rotatable bonds is 6. The Morgan fingerprint density at radius 1 is 1.19 bits per heavy atom. The maximum absolute atomic E-state index is 12.3. The average molecular weight is 421 g/mol. The molecule has 1 aliphatic heterocycles. The Labute approximate surface area is 181 Å². The minimum absolute atomic E-state index is 0.119. The van der Waals surface area contributed by atoms with Crippen molar-refractivity contribution in [1.82, 2.24) is 5.32 Å².